The number of hydrogen-bond acceptors (Lipinski definition) is 4. The topological polar surface area (TPSA) is 88.5 Å². The van der Waals surface area contributed by atoms with Crippen LogP contribution in [-0.2, 0) is 10.1 Å². The number of carbonyl (C=O) groups is 2. The quantitative estimate of drug-likeness (QED) is 0.630. The smallest absolute Gasteiger partial charge is 0.274 e. The zero-order valence-corrected chi connectivity index (χ0v) is 15.4. The Morgan fingerprint density at radius 1 is 0.889 bits per heavy atom. The molecule has 5 nitrogen and oxygen atoms in total. The fourth-order valence-corrected chi connectivity index (χ4v) is 3.63. The molecule has 0 radical (unpaired) electrons. The first-order valence-electron chi connectivity index (χ1n) is 8.31. The predicted molar refractivity (Wildman–Crippen MR) is 102 cm³/mol. The van der Waals surface area contributed by atoms with Crippen molar-refractivity contribution in [2.75, 3.05) is 0 Å². The first kappa shape index (κ1) is 18.9. The third-order valence-corrected chi connectivity index (χ3v) is 5.99. The van der Waals surface area contributed by atoms with E-state index in [4.69, 9.17) is 0 Å². The molecule has 27 heavy (non-hydrogen) atoms. The molecule has 0 saturated heterocycles. The van der Waals surface area contributed by atoms with E-state index in [1.54, 1.807) is 60.7 Å². The molecule has 0 aliphatic heterocycles. The molecular formula is C21H18O5S. The monoisotopic (exact) mass is 382 g/mol. The Bertz CT molecular complexity index is 1050. The standard InChI is InChI=1S/C21H18O5S/c1-21(27(24,25)26)13-17(19(22)15-8-4-2-5-9-15)12-18(14-21)20(23)16-10-6-3-7-11-16/h2-13H,14H2,1H3,(H,24,25,26). The summed E-state index contributed by atoms with van der Waals surface area (Å²) in [4.78, 5) is 25.7. The van der Waals surface area contributed by atoms with Gasteiger partial charge in [0.1, 0.15) is 4.75 Å². The van der Waals surface area contributed by atoms with Crippen LogP contribution in [-0.4, -0.2) is 29.3 Å². The molecule has 0 fully saturated rings. The van der Waals surface area contributed by atoms with Gasteiger partial charge in [0.2, 0.25) is 0 Å². The second kappa shape index (κ2) is 7.06. The highest BCUT2D eigenvalue weighted by molar-refractivity contribution is 7.87. The Hall–Kier alpha value is -2.83. The van der Waals surface area contributed by atoms with E-state index in [1.807, 2.05) is 0 Å². The van der Waals surface area contributed by atoms with Crippen LogP contribution in [0.1, 0.15) is 34.1 Å². The van der Waals surface area contributed by atoms with Crippen LogP contribution in [0.3, 0.4) is 0 Å². The lowest BCUT2D eigenvalue weighted by Crippen LogP contribution is -2.37. The first-order valence-corrected chi connectivity index (χ1v) is 9.75. The maximum absolute atomic E-state index is 12.8. The summed E-state index contributed by atoms with van der Waals surface area (Å²) in [5.41, 5.74) is 0.968. The second-order valence-electron chi connectivity index (χ2n) is 6.62. The molecule has 3 rings (SSSR count). The summed E-state index contributed by atoms with van der Waals surface area (Å²) in [5, 5.41) is 0. The molecule has 0 spiro atoms. The Labute approximate surface area is 157 Å². The number of allylic oxidation sites excluding steroid dienone is 3. The van der Waals surface area contributed by atoms with Gasteiger partial charge in [-0.25, -0.2) is 0 Å². The Morgan fingerprint density at radius 3 is 1.85 bits per heavy atom. The van der Waals surface area contributed by atoms with Crippen LogP contribution < -0.4 is 0 Å². The van der Waals surface area contributed by atoms with Gasteiger partial charge in [0, 0.05) is 28.7 Å². The van der Waals surface area contributed by atoms with Crippen molar-refractivity contribution >= 4 is 21.7 Å². The van der Waals surface area contributed by atoms with Crippen LogP contribution in [0.2, 0.25) is 0 Å². The fourth-order valence-electron chi connectivity index (χ4n) is 3.01. The van der Waals surface area contributed by atoms with Gasteiger partial charge in [0.05, 0.1) is 0 Å². The van der Waals surface area contributed by atoms with Gasteiger partial charge < -0.3 is 0 Å². The summed E-state index contributed by atoms with van der Waals surface area (Å²) in [7, 11) is -4.54. The normalized spacial score (nSPS) is 19.8. The molecule has 1 unspecified atom stereocenters. The van der Waals surface area contributed by atoms with Gasteiger partial charge >= 0.3 is 0 Å². The SMILES string of the molecule is CC1(S(=O)(=O)O)C=C(C(=O)c2ccccc2)C=C(C(=O)c2ccccc2)C1. The van der Waals surface area contributed by atoms with E-state index in [2.05, 4.69) is 0 Å². The summed E-state index contributed by atoms with van der Waals surface area (Å²) < 4.78 is 31.9. The predicted octanol–water partition coefficient (Wildman–Crippen LogP) is 3.66. The molecule has 0 aromatic heterocycles. The van der Waals surface area contributed by atoms with Crippen LogP contribution in [0.25, 0.3) is 0 Å². The number of rotatable bonds is 5. The van der Waals surface area contributed by atoms with E-state index in [0.717, 1.165) is 0 Å². The number of carbonyl (C=O) groups excluding carboxylic acids is 2. The lowest BCUT2D eigenvalue weighted by Gasteiger charge is -2.28. The zero-order chi connectivity index (χ0) is 19.7. The molecule has 0 saturated carbocycles. The van der Waals surface area contributed by atoms with Crippen molar-refractivity contribution in [3.05, 3.63) is 95.1 Å². The van der Waals surface area contributed by atoms with Crippen LogP contribution in [0, 0.1) is 0 Å². The fraction of sp³-hybridized carbons (Fsp3) is 0.143. The summed E-state index contributed by atoms with van der Waals surface area (Å²) in [6, 6.07) is 16.7. The van der Waals surface area contributed by atoms with E-state index in [9.17, 15) is 22.6 Å². The van der Waals surface area contributed by atoms with Crippen molar-refractivity contribution in [1.29, 1.82) is 0 Å². The van der Waals surface area contributed by atoms with Crippen molar-refractivity contribution in [1.82, 2.24) is 0 Å². The summed E-state index contributed by atoms with van der Waals surface area (Å²) in [5.74, 6) is -0.791. The Morgan fingerprint density at radius 2 is 1.37 bits per heavy atom. The maximum Gasteiger partial charge on any atom is 0.274 e. The van der Waals surface area contributed by atoms with Gasteiger partial charge in [0.15, 0.2) is 11.6 Å². The van der Waals surface area contributed by atoms with E-state index in [1.165, 1.54) is 19.1 Å². The minimum Gasteiger partial charge on any atom is -0.289 e. The highest BCUT2D eigenvalue weighted by Crippen LogP contribution is 2.35. The molecule has 0 amide bonds. The third kappa shape index (κ3) is 3.82. The molecule has 2 aromatic carbocycles. The van der Waals surface area contributed by atoms with Crippen LogP contribution in [0.5, 0.6) is 0 Å². The van der Waals surface area contributed by atoms with Gasteiger partial charge in [0.25, 0.3) is 10.1 Å². The highest BCUT2D eigenvalue weighted by atomic mass is 32.2. The van der Waals surface area contributed by atoms with Crippen molar-refractivity contribution in [2.45, 2.75) is 18.1 Å². The minimum atomic E-state index is -4.54. The molecule has 1 N–H and O–H groups in total. The highest BCUT2D eigenvalue weighted by Gasteiger charge is 2.41. The van der Waals surface area contributed by atoms with E-state index in [-0.39, 0.29) is 23.4 Å². The summed E-state index contributed by atoms with van der Waals surface area (Å²) >= 11 is 0. The van der Waals surface area contributed by atoms with Gasteiger partial charge in [-0.05, 0) is 19.1 Å². The number of benzene rings is 2. The minimum absolute atomic E-state index is 0.0619. The first-order chi connectivity index (χ1) is 12.7. The van der Waals surface area contributed by atoms with Crippen LogP contribution in [0.15, 0.2) is 84.0 Å². The lowest BCUT2D eigenvalue weighted by atomic mass is 9.84. The van der Waals surface area contributed by atoms with Gasteiger partial charge in [-0.3, -0.25) is 14.1 Å². The molecule has 1 aliphatic carbocycles. The van der Waals surface area contributed by atoms with Crippen molar-refractivity contribution in [3.63, 3.8) is 0 Å². The molecule has 1 atom stereocenters. The Kier molecular flexibility index (Phi) is 4.95. The molecule has 6 heteroatoms. The molecule has 0 heterocycles. The molecule has 1 aliphatic rings. The van der Waals surface area contributed by atoms with Gasteiger partial charge in [-0.1, -0.05) is 60.7 Å². The summed E-state index contributed by atoms with van der Waals surface area (Å²) in [6.45, 7) is 1.30. The van der Waals surface area contributed by atoms with Gasteiger partial charge in [-0.2, -0.15) is 8.42 Å². The van der Waals surface area contributed by atoms with Crippen LogP contribution >= 0.6 is 0 Å². The Balaban J connectivity index is 2.10. The van der Waals surface area contributed by atoms with Crippen molar-refractivity contribution in [2.24, 2.45) is 0 Å². The summed E-state index contributed by atoms with van der Waals surface area (Å²) in [6.07, 6.45) is 2.42. The number of ketones is 2. The largest absolute Gasteiger partial charge is 0.289 e. The zero-order valence-electron chi connectivity index (χ0n) is 14.6. The lowest BCUT2D eigenvalue weighted by molar-refractivity contribution is 0.102. The maximum atomic E-state index is 12.8. The van der Waals surface area contributed by atoms with Crippen molar-refractivity contribution in [3.8, 4) is 0 Å². The third-order valence-electron chi connectivity index (χ3n) is 4.55. The molecular weight excluding hydrogens is 364 g/mol. The van der Waals surface area contributed by atoms with Crippen molar-refractivity contribution < 1.29 is 22.6 Å². The second-order valence-corrected chi connectivity index (χ2v) is 8.51. The van der Waals surface area contributed by atoms with E-state index < -0.39 is 20.6 Å². The average molecular weight is 382 g/mol. The number of hydrogen-bond donors (Lipinski definition) is 1. The molecule has 0 bridgehead atoms. The molecule has 2 aromatic rings. The van der Waals surface area contributed by atoms with E-state index >= 15 is 0 Å². The van der Waals surface area contributed by atoms with E-state index in [0.29, 0.717) is 11.1 Å². The number of Topliss-reactive ketones (excluding diaryl/α,β-unsaturated/α-hetero) is 2. The average Bonchev–Trinajstić information content (AvgIpc) is 2.67. The van der Waals surface area contributed by atoms with Gasteiger partial charge in [-0.15, -0.1) is 0 Å². The van der Waals surface area contributed by atoms with Crippen LogP contribution in [0.4, 0.5) is 0 Å². The molecule has 138 valence electrons.